The average molecular weight is 426 g/mol. The van der Waals surface area contributed by atoms with E-state index < -0.39 is 0 Å². The summed E-state index contributed by atoms with van der Waals surface area (Å²) in [7, 11) is 5.22. The molecule has 0 spiro atoms. The lowest BCUT2D eigenvalue weighted by molar-refractivity contribution is -0.121. The predicted molar refractivity (Wildman–Crippen MR) is 121 cm³/mol. The predicted octanol–water partition coefficient (Wildman–Crippen LogP) is 2.96. The molecule has 31 heavy (non-hydrogen) atoms. The molecule has 7 heteroatoms. The van der Waals surface area contributed by atoms with E-state index in [1.165, 1.54) is 0 Å². The van der Waals surface area contributed by atoms with Crippen LogP contribution in [0.15, 0.2) is 42.5 Å². The lowest BCUT2D eigenvalue weighted by Gasteiger charge is -2.28. The number of methoxy groups -OCH3 is 2. The Morgan fingerprint density at radius 1 is 1.10 bits per heavy atom. The molecule has 2 N–H and O–H groups in total. The van der Waals surface area contributed by atoms with Crippen LogP contribution in [0, 0.1) is 5.92 Å². The van der Waals surface area contributed by atoms with Gasteiger partial charge in [0.05, 0.1) is 31.4 Å². The largest absolute Gasteiger partial charge is 0.493 e. The van der Waals surface area contributed by atoms with Crippen molar-refractivity contribution in [2.75, 3.05) is 46.2 Å². The number of piperidine rings is 1. The Morgan fingerprint density at radius 2 is 1.87 bits per heavy atom. The summed E-state index contributed by atoms with van der Waals surface area (Å²) in [5.41, 5.74) is 2.04. The van der Waals surface area contributed by atoms with Crippen LogP contribution in [0.3, 0.4) is 0 Å². The molecule has 1 heterocycles. The van der Waals surface area contributed by atoms with Gasteiger partial charge in [0.1, 0.15) is 0 Å². The maximum atomic E-state index is 12.8. The Morgan fingerprint density at radius 3 is 2.61 bits per heavy atom. The number of likely N-dealkylation sites (tertiary alicyclic amines) is 1. The number of ether oxygens (including phenoxy) is 2. The van der Waals surface area contributed by atoms with Crippen molar-refractivity contribution in [3.63, 3.8) is 0 Å². The molecule has 7 nitrogen and oxygen atoms in total. The normalized spacial score (nSPS) is 16.4. The number of carbonyl (C=O) groups excluding carboxylic acids is 2. The topological polar surface area (TPSA) is 79.9 Å². The molecule has 166 valence electrons. The number of amides is 2. The van der Waals surface area contributed by atoms with Gasteiger partial charge in [-0.3, -0.25) is 9.59 Å². The first-order valence-corrected chi connectivity index (χ1v) is 10.6. The molecule has 1 fully saturated rings. The Bertz CT molecular complexity index is 915. The van der Waals surface area contributed by atoms with Gasteiger partial charge in [0.25, 0.3) is 5.91 Å². The van der Waals surface area contributed by atoms with E-state index in [1.54, 1.807) is 32.4 Å². The summed E-state index contributed by atoms with van der Waals surface area (Å²) in [4.78, 5) is 27.6. The van der Waals surface area contributed by atoms with E-state index in [-0.39, 0.29) is 17.7 Å². The highest BCUT2D eigenvalue weighted by molar-refractivity contribution is 6.04. The number of hydrogen-bond acceptors (Lipinski definition) is 5. The van der Waals surface area contributed by atoms with Crippen LogP contribution in [0.1, 0.15) is 28.8 Å². The summed E-state index contributed by atoms with van der Waals surface area (Å²) in [5.74, 6) is 1.03. The van der Waals surface area contributed by atoms with Crippen molar-refractivity contribution >= 4 is 17.5 Å². The quantitative estimate of drug-likeness (QED) is 0.680. The van der Waals surface area contributed by atoms with Crippen LogP contribution in [0.2, 0.25) is 0 Å². The van der Waals surface area contributed by atoms with Gasteiger partial charge in [-0.2, -0.15) is 0 Å². The summed E-state index contributed by atoms with van der Waals surface area (Å²) < 4.78 is 10.6. The van der Waals surface area contributed by atoms with Crippen LogP contribution in [-0.2, 0) is 11.2 Å². The zero-order valence-corrected chi connectivity index (χ0v) is 18.4. The van der Waals surface area contributed by atoms with E-state index in [0.717, 1.165) is 31.5 Å². The molecule has 2 aromatic rings. The van der Waals surface area contributed by atoms with E-state index in [1.807, 2.05) is 31.3 Å². The van der Waals surface area contributed by atoms with Crippen molar-refractivity contribution in [1.82, 2.24) is 10.2 Å². The van der Waals surface area contributed by atoms with E-state index in [2.05, 4.69) is 15.5 Å². The maximum absolute atomic E-state index is 12.8. The van der Waals surface area contributed by atoms with Gasteiger partial charge in [-0.15, -0.1) is 0 Å². The lowest BCUT2D eigenvalue weighted by atomic mass is 9.97. The van der Waals surface area contributed by atoms with Crippen molar-refractivity contribution in [2.45, 2.75) is 19.3 Å². The molecule has 3 rings (SSSR count). The summed E-state index contributed by atoms with van der Waals surface area (Å²) in [6, 6.07) is 12.8. The van der Waals surface area contributed by atoms with Crippen molar-refractivity contribution in [2.24, 2.45) is 5.92 Å². The summed E-state index contributed by atoms with van der Waals surface area (Å²) >= 11 is 0. The average Bonchev–Trinajstić information content (AvgIpc) is 2.79. The summed E-state index contributed by atoms with van der Waals surface area (Å²) in [5, 5.41) is 5.90. The van der Waals surface area contributed by atoms with Gasteiger partial charge in [0, 0.05) is 13.1 Å². The third-order valence-electron chi connectivity index (χ3n) is 5.57. The standard InChI is InChI=1S/C24H31N3O4/c1-27-14-6-7-18(16-27)23(28)26-20-9-5-4-8-19(20)24(29)25-13-12-17-10-11-21(30-2)22(15-17)31-3/h4-5,8-11,15,18H,6-7,12-14,16H2,1-3H3,(H,25,29)(H,26,28)/t18-/m1/s1. The number of carbonyl (C=O) groups is 2. The smallest absolute Gasteiger partial charge is 0.253 e. The molecule has 1 saturated heterocycles. The minimum absolute atomic E-state index is 0.0304. The van der Waals surface area contributed by atoms with Crippen LogP contribution in [0.25, 0.3) is 0 Å². The first-order chi connectivity index (χ1) is 15.0. The van der Waals surface area contributed by atoms with E-state index in [0.29, 0.717) is 35.7 Å². The first kappa shape index (κ1) is 22.6. The minimum Gasteiger partial charge on any atom is -0.493 e. The second-order valence-corrected chi connectivity index (χ2v) is 7.83. The highest BCUT2D eigenvalue weighted by Gasteiger charge is 2.25. The zero-order valence-electron chi connectivity index (χ0n) is 18.4. The van der Waals surface area contributed by atoms with Gasteiger partial charge in [-0.25, -0.2) is 0 Å². The zero-order chi connectivity index (χ0) is 22.2. The monoisotopic (exact) mass is 425 g/mol. The number of benzene rings is 2. The highest BCUT2D eigenvalue weighted by atomic mass is 16.5. The fourth-order valence-corrected chi connectivity index (χ4v) is 3.86. The molecular weight excluding hydrogens is 394 g/mol. The molecule has 2 aromatic carbocycles. The fourth-order valence-electron chi connectivity index (χ4n) is 3.86. The van der Waals surface area contributed by atoms with Gasteiger partial charge in [0.2, 0.25) is 5.91 Å². The van der Waals surface area contributed by atoms with Crippen LogP contribution in [-0.4, -0.2) is 57.6 Å². The van der Waals surface area contributed by atoms with Crippen LogP contribution < -0.4 is 20.1 Å². The molecule has 0 aromatic heterocycles. The van der Waals surface area contributed by atoms with Gasteiger partial charge in [0.15, 0.2) is 11.5 Å². The third-order valence-corrected chi connectivity index (χ3v) is 5.57. The molecule has 0 aliphatic carbocycles. The molecule has 1 aliphatic rings. The van der Waals surface area contributed by atoms with E-state index in [9.17, 15) is 9.59 Å². The second kappa shape index (κ2) is 10.8. The number of rotatable bonds is 8. The highest BCUT2D eigenvalue weighted by Crippen LogP contribution is 2.27. The molecule has 0 bridgehead atoms. The Kier molecular flexibility index (Phi) is 7.89. The molecule has 1 aliphatic heterocycles. The Hall–Kier alpha value is -3.06. The fraction of sp³-hybridized carbons (Fsp3) is 0.417. The molecule has 2 amide bonds. The third kappa shape index (κ3) is 5.98. The second-order valence-electron chi connectivity index (χ2n) is 7.83. The van der Waals surface area contributed by atoms with Crippen LogP contribution >= 0.6 is 0 Å². The SMILES string of the molecule is COc1ccc(CCNC(=O)c2ccccc2NC(=O)[C@@H]2CCCN(C)C2)cc1OC. The summed E-state index contributed by atoms with van der Waals surface area (Å²) in [6.07, 6.45) is 2.53. The van der Waals surface area contributed by atoms with Gasteiger partial charge < -0.3 is 25.0 Å². The number of anilines is 1. The number of nitrogens with zero attached hydrogens (tertiary/aromatic N) is 1. The molecule has 0 radical (unpaired) electrons. The number of hydrogen-bond donors (Lipinski definition) is 2. The first-order valence-electron chi connectivity index (χ1n) is 10.6. The minimum atomic E-state index is -0.211. The summed E-state index contributed by atoms with van der Waals surface area (Å²) in [6.45, 7) is 2.22. The van der Waals surface area contributed by atoms with Crippen molar-refractivity contribution in [1.29, 1.82) is 0 Å². The van der Waals surface area contributed by atoms with Crippen LogP contribution in [0.5, 0.6) is 11.5 Å². The maximum Gasteiger partial charge on any atom is 0.253 e. The van der Waals surface area contributed by atoms with Gasteiger partial charge >= 0.3 is 0 Å². The van der Waals surface area contributed by atoms with Crippen molar-refractivity contribution in [3.8, 4) is 11.5 Å². The number of para-hydroxylation sites is 1. The van der Waals surface area contributed by atoms with Gasteiger partial charge in [-0.1, -0.05) is 18.2 Å². The molecule has 0 saturated carbocycles. The number of nitrogens with one attached hydrogen (secondary N) is 2. The molecule has 0 unspecified atom stereocenters. The van der Waals surface area contributed by atoms with Crippen molar-refractivity contribution in [3.05, 3.63) is 53.6 Å². The lowest BCUT2D eigenvalue weighted by Crippen LogP contribution is -2.38. The van der Waals surface area contributed by atoms with Gasteiger partial charge in [-0.05, 0) is 62.7 Å². The van der Waals surface area contributed by atoms with E-state index >= 15 is 0 Å². The van der Waals surface area contributed by atoms with Crippen molar-refractivity contribution < 1.29 is 19.1 Å². The molecule has 1 atom stereocenters. The van der Waals surface area contributed by atoms with Crippen LogP contribution in [0.4, 0.5) is 5.69 Å². The van der Waals surface area contributed by atoms with E-state index in [4.69, 9.17) is 9.47 Å². The molecular formula is C24H31N3O4. The Balaban J connectivity index is 1.59. The Labute approximate surface area is 183 Å².